The number of hydrogen-bond acceptors (Lipinski definition) is 2. The van der Waals surface area contributed by atoms with Gasteiger partial charge < -0.3 is 4.74 Å². The SMILES string of the molecule is C[C]1OCC(C)(C)S1. The van der Waals surface area contributed by atoms with E-state index in [2.05, 4.69) is 13.8 Å². The average Bonchev–Trinajstić information content (AvgIpc) is 1.82. The molecule has 0 aromatic carbocycles. The maximum atomic E-state index is 5.25. The third kappa shape index (κ3) is 1.39. The summed E-state index contributed by atoms with van der Waals surface area (Å²) in [6.45, 7) is 7.26. The summed E-state index contributed by atoms with van der Waals surface area (Å²) in [6, 6.07) is 0. The van der Waals surface area contributed by atoms with Crippen molar-refractivity contribution in [3.8, 4) is 0 Å². The third-order valence-electron chi connectivity index (χ3n) is 1.04. The zero-order valence-corrected chi connectivity index (χ0v) is 6.34. The van der Waals surface area contributed by atoms with E-state index in [1.807, 2.05) is 18.7 Å². The lowest BCUT2D eigenvalue weighted by Crippen LogP contribution is -2.13. The fourth-order valence-corrected chi connectivity index (χ4v) is 1.74. The Morgan fingerprint density at radius 1 is 1.62 bits per heavy atom. The Kier molecular flexibility index (Phi) is 1.54. The Bertz CT molecular complexity index is 90.5. The second-order valence-electron chi connectivity index (χ2n) is 2.64. The van der Waals surface area contributed by atoms with Crippen LogP contribution in [0.15, 0.2) is 0 Å². The van der Waals surface area contributed by atoms with Crippen molar-refractivity contribution in [2.45, 2.75) is 25.5 Å². The Morgan fingerprint density at radius 2 is 2.25 bits per heavy atom. The number of ether oxygens (including phenoxy) is 1. The number of rotatable bonds is 0. The molecule has 1 saturated heterocycles. The molecule has 1 radical (unpaired) electrons. The van der Waals surface area contributed by atoms with Gasteiger partial charge in [-0.3, -0.25) is 0 Å². The van der Waals surface area contributed by atoms with Crippen LogP contribution in [-0.4, -0.2) is 11.4 Å². The average molecular weight is 131 g/mol. The molecule has 0 aliphatic carbocycles. The molecule has 0 aromatic heterocycles. The maximum absolute atomic E-state index is 5.25. The highest BCUT2D eigenvalue weighted by Crippen LogP contribution is 2.40. The molecule has 1 aliphatic heterocycles. The van der Waals surface area contributed by atoms with Gasteiger partial charge in [-0.25, -0.2) is 0 Å². The molecule has 1 rings (SSSR count). The van der Waals surface area contributed by atoms with E-state index >= 15 is 0 Å². The lowest BCUT2D eigenvalue weighted by Gasteiger charge is -2.10. The predicted molar refractivity (Wildman–Crippen MR) is 36.5 cm³/mol. The van der Waals surface area contributed by atoms with Crippen LogP contribution >= 0.6 is 11.8 Å². The summed E-state index contributed by atoms with van der Waals surface area (Å²) in [6.07, 6.45) is 0. The van der Waals surface area contributed by atoms with Crippen molar-refractivity contribution in [1.29, 1.82) is 0 Å². The topological polar surface area (TPSA) is 9.23 Å². The molecule has 2 heteroatoms. The first-order chi connectivity index (χ1) is 3.60. The van der Waals surface area contributed by atoms with Crippen molar-refractivity contribution >= 4 is 11.8 Å². The fourth-order valence-electron chi connectivity index (χ4n) is 0.723. The second kappa shape index (κ2) is 1.92. The largest absolute Gasteiger partial charge is 0.359 e. The maximum Gasteiger partial charge on any atom is 0.149 e. The second-order valence-corrected chi connectivity index (χ2v) is 4.53. The van der Waals surface area contributed by atoms with Crippen LogP contribution < -0.4 is 0 Å². The number of thioether (sulfide) groups is 1. The minimum atomic E-state index is 0.323. The van der Waals surface area contributed by atoms with E-state index in [1.165, 1.54) is 0 Å². The van der Waals surface area contributed by atoms with Gasteiger partial charge in [-0.2, -0.15) is 0 Å². The molecule has 0 N–H and O–H groups in total. The molecule has 1 heterocycles. The Morgan fingerprint density at radius 3 is 2.38 bits per heavy atom. The van der Waals surface area contributed by atoms with Gasteiger partial charge >= 0.3 is 0 Å². The molecular weight excluding hydrogens is 120 g/mol. The first kappa shape index (κ1) is 6.43. The lowest BCUT2D eigenvalue weighted by atomic mass is 10.2. The van der Waals surface area contributed by atoms with Gasteiger partial charge in [0.2, 0.25) is 0 Å². The van der Waals surface area contributed by atoms with E-state index in [0.29, 0.717) is 4.75 Å². The normalized spacial score (nSPS) is 28.9. The monoisotopic (exact) mass is 131 g/mol. The fraction of sp³-hybridized carbons (Fsp3) is 0.833. The van der Waals surface area contributed by atoms with Gasteiger partial charge in [-0.05, 0) is 20.8 Å². The van der Waals surface area contributed by atoms with Crippen molar-refractivity contribution < 1.29 is 4.74 Å². The van der Waals surface area contributed by atoms with Gasteiger partial charge in [0.15, 0.2) is 0 Å². The molecule has 0 aromatic rings. The molecule has 0 atom stereocenters. The highest BCUT2D eigenvalue weighted by atomic mass is 32.2. The summed E-state index contributed by atoms with van der Waals surface area (Å²) in [4.78, 5) is 0. The van der Waals surface area contributed by atoms with Crippen LogP contribution in [0, 0.1) is 5.44 Å². The van der Waals surface area contributed by atoms with Gasteiger partial charge in [0.1, 0.15) is 5.44 Å². The molecule has 1 nitrogen and oxygen atoms in total. The molecule has 1 aliphatic rings. The minimum Gasteiger partial charge on any atom is -0.359 e. The first-order valence-electron chi connectivity index (χ1n) is 2.75. The zero-order chi connectivity index (χ0) is 6.20. The van der Waals surface area contributed by atoms with Gasteiger partial charge in [0.25, 0.3) is 0 Å². The molecule has 1 fully saturated rings. The van der Waals surface area contributed by atoms with Crippen LogP contribution in [0.3, 0.4) is 0 Å². The first-order valence-corrected chi connectivity index (χ1v) is 3.57. The van der Waals surface area contributed by atoms with Crippen molar-refractivity contribution in [3.63, 3.8) is 0 Å². The van der Waals surface area contributed by atoms with Crippen LogP contribution in [0.4, 0.5) is 0 Å². The molecule has 8 heavy (non-hydrogen) atoms. The summed E-state index contributed by atoms with van der Waals surface area (Å²) in [5.74, 6) is 0. The van der Waals surface area contributed by atoms with Crippen molar-refractivity contribution in [2.75, 3.05) is 6.61 Å². The van der Waals surface area contributed by atoms with E-state index in [9.17, 15) is 0 Å². The highest BCUT2D eigenvalue weighted by molar-refractivity contribution is 8.03. The third-order valence-corrected chi connectivity index (χ3v) is 2.12. The minimum absolute atomic E-state index is 0.323. The lowest BCUT2D eigenvalue weighted by molar-refractivity contribution is 0.193. The standard InChI is InChI=1S/C6H11OS/c1-5-7-4-6(2,3)8-5/h4H2,1-3H3. The summed E-state index contributed by atoms with van der Waals surface area (Å²) >= 11 is 1.82. The summed E-state index contributed by atoms with van der Waals surface area (Å²) in [5.41, 5.74) is 1.11. The predicted octanol–water partition coefficient (Wildman–Crippen LogP) is 2.04. The van der Waals surface area contributed by atoms with Gasteiger partial charge in [-0.1, -0.05) is 0 Å². The van der Waals surface area contributed by atoms with E-state index in [1.54, 1.807) is 0 Å². The van der Waals surface area contributed by atoms with Gasteiger partial charge in [0.05, 0.1) is 6.61 Å². The molecular formula is C6H11OS. The molecule has 0 unspecified atom stereocenters. The zero-order valence-electron chi connectivity index (χ0n) is 5.52. The summed E-state index contributed by atoms with van der Waals surface area (Å²) in [5, 5.41) is 0. The van der Waals surface area contributed by atoms with E-state index < -0.39 is 0 Å². The highest BCUT2D eigenvalue weighted by Gasteiger charge is 2.30. The molecule has 0 bridgehead atoms. The summed E-state index contributed by atoms with van der Waals surface area (Å²) in [7, 11) is 0. The van der Waals surface area contributed by atoms with Crippen LogP contribution in [0.2, 0.25) is 0 Å². The molecule has 0 amide bonds. The van der Waals surface area contributed by atoms with E-state index in [0.717, 1.165) is 12.0 Å². The van der Waals surface area contributed by atoms with Crippen LogP contribution in [0.5, 0.6) is 0 Å². The molecule has 0 spiro atoms. The Balaban J connectivity index is 2.44. The summed E-state index contributed by atoms with van der Waals surface area (Å²) < 4.78 is 5.57. The van der Waals surface area contributed by atoms with Gasteiger partial charge in [-0.15, -0.1) is 11.8 Å². The van der Waals surface area contributed by atoms with Crippen molar-refractivity contribution in [3.05, 3.63) is 5.44 Å². The van der Waals surface area contributed by atoms with Crippen LogP contribution in [0.1, 0.15) is 20.8 Å². The quantitative estimate of drug-likeness (QED) is 0.497. The van der Waals surface area contributed by atoms with E-state index in [4.69, 9.17) is 4.74 Å². The molecule has 0 saturated carbocycles. The Labute approximate surface area is 54.8 Å². The number of hydrogen-bond donors (Lipinski definition) is 0. The van der Waals surface area contributed by atoms with Gasteiger partial charge in [0, 0.05) is 4.75 Å². The van der Waals surface area contributed by atoms with Crippen LogP contribution in [0.25, 0.3) is 0 Å². The van der Waals surface area contributed by atoms with Crippen molar-refractivity contribution in [1.82, 2.24) is 0 Å². The molecule has 47 valence electrons. The van der Waals surface area contributed by atoms with E-state index in [-0.39, 0.29) is 0 Å². The Hall–Kier alpha value is 0.310. The van der Waals surface area contributed by atoms with Crippen LogP contribution in [-0.2, 0) is 4.74 Å². The smallest absolute Gasteiger partial charge is 0.149 e. The van der Waals surface area contributed by atoms with Crippen molar-refractivity contribution in [2.24, 2.45) is 0 Å².